The fourth-order valence-corrected chi connectivity index (χ4v) is 2.94. The van der Waals surface area contributed by atoms with E-state index >= 15 is 0 Å². The fraction of sp³-hybridized carbons (Fsp3) is 0.562. The number of hydrogen-bond donors (Lipinski definition) is 2. The number of nitrogens with one attached hydrogen (secondary N) is 2. The molecule has 2 N–H and O–H groups in total. The number of nitrogens with zero attached hydrogens (tertiary/aromatic N) is 1. The summed E-state index contributed by atoms with van der Waals surface area (Å²) in [5, 5.41) is 0. The second kappa shape index (κ2) is 5.54. The first-order valence-electron chi connectivity index (χ1n) is 7.49. The number of hydrazine groups is 1. The second-order valence-corrected chi connectivity index (χ2v) is 6.06. The number of carbonyl (C=O) groups excluding carboxylic acids is 1. The van der Waals surface area contributed by atoms with E-state index in [1.54, 1.807) is 0 Å². The van der Waals surface area contributed by atoms with E-state index in [-0.39, 0.29) is 18.0 Å². The molecule has 0 bridgehead atoms. The number of carbonyl (C=O) groups is 1. The van der Waals surface area contributed by atoms with Crippen molar-refractivity contribution in [1.82, 2.24) is 15.8 Å². The Hall–Kier alpha value is -1.39. The Morgan fingerprint density at radius 2 is 1.95 bits per heavy atom. The molecular formula is C16H23N3O. The molecule has 3 unspecified atom stereocenters. The van der Waals surface area contributed by atoms with Crippen molar-refractivity contribution in [3.63, 3.8) is 0 Å². The summed E-state index contributed by atoms with van der Waals surface area (Å²) in [5.41, 5.74) is 7.63. The van der Waals surface area contributed by atoms with Crippen molar-refractivity contribution in [3.05, 3.63) is 35.9 Å². The van der Waals surface area contributed by atoms with Crippen molar-refractivity contribution in [2.24, 2.45) is 5.92 Å². The summed E-state index contributed by atoms with van der Waals surface area (Å²) in [6.07, 6.45) is 3.52. The first-order chi connectivity index (χ1) is 9.66. The Morgan fingerprint density at radius 3 is 2.60 bits per heavy atom. The zero-order valence-electron chi connectivity index (χ0n) is 12.2. The average Bonchev–Trinajstić information content (AvgIpc) is 3.23. The topological polar surface area (TPSA) is 44.4 Å². The quantitative estimate of drug-likeness (QED) is 0.880. The maximum Gasteiger partial charge on any atom is 0.241 e. The lowest BCUT2D eigenvalue weighted by molar-refractivity contribution is -0.133. The summed E-state index contributed by atoms with van der Waals surface area (Å²) in [5.74, 6) is 0.953. The largest absolute Gasteiger partial charge is 0.338 e. The molecule has 4 heteroatoms. The molecule has 0 aromatic heterocycles. The zero-order valence-corrected chi connectivity index (χ0v) is 12.2. The molecule has 1 saturated heterocycles. The van der Waals surface area contributed by atoms with E-state index in [1.807, 2.05) is 30.1 Å². The van der Waals surface area contributed by atoms with Gasteiger partial charge in [0.2, 0.25) is 5.91 Å². The van der Waals surface area contributed by atoms with Gasteiger partial charge in [0.05, 0.1) is 6.04 Å². The van der Waals surface area contributed by atoms with Gasteiger partial charge >= 0.3 is 0 Å². The van der Waals surface area contributed by atoms with Crippen LogP contribution in [0.5, 0.6) is 0 Å². The van der Waals surface area contributed by atoms with Gasteiger partial charge < -0.3 is 4.90 Å². The van der Waals surface area contributed by atoms with Crippen LogP contribution in [-0.4, -0.2) is 29.9 Å². The number of amides is 1. The lowest BCUT2D eigenvalue weighted by atomic mass is 10.0. The van der Waals surface area contributed by atoms with Crippen molar-refractivity contribution in [3.8, 4) is 0 Å². The van der Waals surface area contributed by atoms with Crippen molar-refractivity contribution < 1.29 is 4.79 Å². The molecule has 1 aliphatic carbocycles. The molecule has 108 valence electrons. The highest BCUT2D eigenvalue weighted by Crippen LogP contribution is 2.36. The zero-order chi connectivity index (χ0) is 14.1. The van der Waals surface area contributed by atoms with Crippen LogP contribution in [0.15, 0.2) is 30.3 Å². The molecule has 2 aliphatic rings. The summed E-state index contributed by atoms with van der Waals surface area (Å²) >= 11 is 0. The Kier molecular flexibility index (Phi) is 3.76. The third-order valence-corrected chi connectivity index (χ3v) is 4.63. The minimum Gasteiger partial charge on any atom is -0.338 e. The van der Waals surface area contributed by atoms with E-state index < -0.39 is 0 Å². The summed E-state index contributed by atoms with van der Waals surface area (Å²) in [4.78, 5) is 14.4. The van der Waals surface area contributed by atoms with Crippen LogP contribution >= 0.6 is 0 Å². The second-order valence-electron chi connectivity index (χ2n) is 6.06. The van der Waals surface area contributed by atoms with Crippen molar-refractivity contribution >= 4 is 5.91 Å². The van der Waals surface area contributed by atoms with E-state index in [0.29, 0.717) is 6.04 Å². The smallest absolute Gasteiger partial charge is 0.241 e. The molecule has 3 atom stereocenters. The van der Waals surface area contributed by atoms with Gasteiger partial charge in [0.1, 0.15) is 6.04 Å². The van der Waals surface area contributed by atoms with Gasteiger partial charge in [-0.1, -0.05) is 30.3 Å². The Morgan fingerprint density at radius 1 is 1.25 bits per heavy atom. The molecule has 1 aliphatic heterocycles. The first-order valence-corrected chi connectivity index (χ1v) is 7.49. The summed E-state index contributed by atoms with van der Waals surface area (Å²) in [6, 6.07) is 10.7. The lowest BCUT2D eigenvalue weighted by Crippen LogP contribution is -2.45. The van der Waals surface area contributed by atoms with E-state index in [2.05, 4.69) is 29.9 Å². The van der Waals surface area contributed by atoms with Gasteiger partial charge in [-0.05, 0) is 37.7 Å². The first kappa shape index (κ1) is 13.6. The summed E-state index contributed by atoms with van der Waals surface area (Å²) in [6.45, 7) is 2.08. The van der Waals surface area contributed by atoms with Crippen LogP contribution in [0.25, 0.3) is 0 Å². The van der Waals surface area contributed by atoms with Crippen molar-refractivity contribution in [2.45, 2.75) is 44.3 Å². The molecule has 0 radical (unpaired) electrons. The predicted molar refractivity (Wildman–Crippen MR) is 78.8 cm³/mol. The van der Waals surface area contributed by atoms with E-state index in [1.165, 1.54) is 18.4 Å². The molecule has 2 fully saturated rings. The molecule has 3 rings (SSSR count). The number of benzene rings is 1. The maximum atomic E-state index is 12.6. The molecule has 20 heavy (non-hydrogen) atoms. The van der Waals surface area contributed by atoms with Gasteiger partial charge in [-0.2, -0.15) is 0 Å². The molecule has 0 spiro atoms. The van der Waals surface area contributed by atoms with Crippen LogP contribution in [0.1, 0.15) is 37.8 Å². The Labute approximate surface area is 120 Å². The SMILES string of the molecule is CC(c1ccccc1)N(C)C(=O)C1CC(C2CC2)NN1. The number of rotatable bonds is 4. The van der Waals surface area contributed by atoms with Gasteiger partial charge in [-0.15, -0.1) is 0 Å². The molecule has 1 aromatic carbocycles. The van der Waals surface area contributed by atoms with Crippen LogP contribution in [0, 0.1) is 5.92 Å². The van der Waals surface area contributed by atoms with Crippen LogP contribution in [0.3, 0.4) is 0 Å². The third-order valence-electron chi connectivity index (χ3n) is 4.63. The van der Waals surface area contributed by atoms with Crippen LogP contribution < -0.4 is 10.9 Å². The molecule has 1 heterocycles. The van der Waals surface area contributed by atoms with Crippen LogP contribution in [-0.2, 0) is 4.79 Å². The number of hydrogen-bond acceptors (Lipinski definition) is 3. The number of likely N-dealkylation sites (N-methyl/N-ethyl adjacent to an activating group) is 1. The van der Waals surface area contributed by atoms with E-state index in [0.717, 1.165) is 12.3 Å². The van der Waals surface area contributed by atoms with Gasteiger partial charge in [0.15, 0.2) is 0 Å². The average molecular weight is 273 g/mol. The van der Waals surface area contributed by atoms with Crippen molar-refractivity contribution in [2.75, 3.05) is 7.05 Å². The van der Waals surface area contributed by atoms with Gasteiger partial charge in [-0.3, -0.25) is 10.2 Å². The van der Waals surface area contributed by atoms with Crippen molar-refractivity contribution in [1.29, 1.82) is 0 Å². The lowest BCUT2D eigenvalue weighted by Gasteiger charge is -2.27. The molecular weight excluding hydrogens is 250 g/mol. The van der Waals surface area contributed by atoms with Crippen LogP contribution in [0.4, 0.5) is 0 Å². The highest BCUT2D eigenvalue weighted by molar-refractivity contribution is 5.82. The molecule has 1 aromatic rings. The monoisotopic (exact) mass is 273 g/mol. The standard InChI is InChI=1S/C16H23N3O/c1-11(12-6-4-3-5-7-12)19(2)16(20)15-10-14(17-18-15)13-8-9-13/h3-7,11,13-15,17-18H,8-10H2,1-2H3. The van der Waals surface area contributed by atoms with E-state index in [9.17, 15) is 4.79 Å². The normalized spacial score (nSPS) is 27.3. The fourth-order valence-electron chi connectivity index (χ4n) is 2.94. The highest BCUT2D eigenvalue weighted by atomic mass is 16.2. The minimum atomic E-state index is -0.0863. The molecule has 1 saturated carbocycles. The minimum absolute atomic E-state index is 0.0863. The summed E-state index contributed by atoms with van der Waals surface area (Å²) < 4.78 is 0. The van der Waals surface area contributed by atoms with E-state index in [4.69, 9.17) is 0 Å². The third kappa shape index (κ3) is 2.72. The Bertz CT molecular complexity index is 472. The van der Waals surface area contributed by atoms with Gasteiger partial charge in [0, 0.05) is 13.1 Å². The predicted octanol–water partition coefficient (Wildman–Crippen LogP) is 1.85. The summed E-state index contributed by atoms with van der Waals surface area (Å²) in [7, 11) is 1.89. The van der Waals surface area contributed by atoms with Crippen LogP contribution in [0.2, 0.25) is 0 Å². The van der Waals surface area contributed by atoms with Gasteiger partial charge in [-0.25, -0.2) is 5.43 Å². The molecule has 4 nitrogen and oxygen atoms in total. The maximum absolute atomic E-state index is 12.6. The molecule has 1 amide bonds. The van der Waals surface area contributed by atoms with Gasteiger partial charge in [0.25, 0.3) is 0 Å². The Balaban J connectivity index is 1.61. The highest BCUT2D eigenvalue weighted by Gasteiger charge is 2.40.